The molecular formula is C20H21N5O. The lowest BCUT2D eigenvalue weighted by atomic mass is 10.2. The minimum Gasteiger partial charge on any atom is -0.340 e. The van der Waals surface area contributed by atoms with Crippen molar-refractivity contribution in [3.05, 3.63) is 65.9 Å². The molecule has 0 aliphatic rings. The molecule has 1 heterocycles. The predicted molar refractivity (Wildman–Crippen MR) is 105 cm³/mol. The van der Waals surface area contributed by atoms with Crippen LogP contribution in [-0.2, 0) is 4.79 Å². The van der Waals surface area contributed by atoms with E-state index in [1.807, 2.05) is 61.5 Å². The van der Waals surface area contributed by atoms with Gasteiger partial charge in [-0.3, -0.25) is 4.79 Å². The van der Waals surface area contributed by atoms with Gasteiger partial charge in [0.1, 0.15) is 5.82 Å². The summed E-state index contributed by atoms with van der Waals surface area (Å²) in [5.41, 5.74) is 4.62. The van der Waals surface area contributed by atoms with Crippen LogP contribution in [0, 0.1) is 13.8 Å². The van der Waals surface area contributed by atoms with Crippen molar-refractivity contribution in [2.45, 2.75) is 20.8 Å². The van der Waals surface area contributed by atoms with Gasteiger partial charge in [-0.15, -0.1) is 0 Å². The van der Waals surface area contributed by atoms with Gasteiger partial charge in [-0.2, -0.15) is 4.98 Å². The van der Waals surface area contributed by atoms with Crippen molar-refractivity contribution in [2.24, 2.45) is 0 Å². The van der Waals surface area contributed by atoms with Gasteiger partial charge < -0.3 is 16.0 Å². The molecule has 2 aromatic carbocycles. The predicted octanol–water partition coefficient (Wildman–Crippen LogP) is 4.54. The highest BCUT2D eigenvalue weighted by molar-refractivity contribution is 5.88. The Bertz CT molecular complexity index is 904. The minimum absolute atomic E-state index is 0.0976. The average molecular weight is 347 g/mol. The van der Waals surface area contributed by atoms with Crippen LogP contribution in [0.4, 0.5) is 28.8 Å². The van der Waals surface area contributed by atoms with E-state index in [9.17, 15) is 4.79 Å². The maximum Gasteiger partial charge on any atom is 0.229 e. The summed E-state index contributed by atoms with van der Waals surface area (Å²) >= 11 is 0. The fourth-order valence-corrected chi connectivity index (χ4v) is 2.44. The molecule has 0 radical (unpaired) electrons. The molecule has 0 aliphatic carbocycles. The number of aryl methyl sites for hydroxylation is 2. The molecule has 0 saturated heterocycles. The van der Waals surface area contributed by atoms with Crippen LogP contribution in [0.3, 0.4) is 0 Å². The number of carbonyl (C=O) groups excluding carboxylic acids is 1. The molecule has 3 N–H and O–H groups in total. The lowest BCUT2D eigenvalue weighted by molar-refractivity contribution is -0.114. The van der Waals surface area contributed by atoms with E-state index in [0.717, 1.165) is 28.6 Å². The Morgan fingerprint density at radius 1 is 0.808 bits per heavy atom. The van der Waals surface area contributed by atoms with Crippen molar-refractivity contribution in [2.75, 3.05) is 16.0 Å². The highest BCUT2D eigenvalue weighted by Crippen LogP contribution is 2.20. The third-order valence-corrected chi connectivity index (χ3v) is 3.64. The smallest absolute Gasteiger partial charge is 0.229 e. The zero-order valence-electron chi connectivity index (χ0n) is 15.0. The fraction of sp³-hybridized carbons (Fsp3) is 0.150. The number of hydrogen-bond donors (Lipinski definition) is 3. The van der Waals surface area contributed by atoms with Gasteiger partial charge in [0.2, 0.25) is 11.9 Å². The third kappa shape index (κ3) is 4.80. The molecule has 6 heteroatoms. The number of benzene rings is 2. The summed E-state index contributed by atoms with van der Waals surface area (Å²) in [5, 5.41) is 9.21. The Kier molecular flexibility index (Phi) is 5.12. The van der Waals surface area contributed by atoms with E-state index in [4.69, 9.17) is 0 Å². The first-order chi connectivity index (χ1) is 12.5. The monoisotopic (exact) mass is 347 g/mol. The van der Waals surface area contributed by atoms with E-state index in [-0.39, 0.29) is 5.91 Å². The molecule has 26 heavy (non-hydrogen) atoms. The van der Waals surface area contributed by atoms with Gasteiger partial charge in [0.15, 0.2) is 0 Å². The molecule has 0 aliphatic heterocycles. The SMILES string of the molecule is CC(=O)Nc1ccc(Nc2nc(C)cc(Nc3ccc(C)cc3)n2)cc1. The van der Waals surface area contributed by atoms with Crippen LogP contribution < -0.4 is 16.0 Å². The number of nitrogens with zero attached hydrogens (tertiary/aromatic N) is 2. The largest absolute Gasteiger partial charge is 0.340 e. The molecule has 3 rings (SSSR count). The normalized spacial score (nSPS) is 10.3. The summed E-state index contributed by atoms with van der Waals surface area (Å²) in [7, 11) is 0. The first-order valence-corrected chi connectivity index (χ1v) is 8.32. The Balaban J connectivity index is 1.74. The van der Waals surface area contributed by atoms with Crippen molar-refractivity contribution in [1.29, 1.82) is 0 Å². The molecule has 6 nitrogen and oxygen atoms in total. The number of rotatable bonds is 5. The Labute approximate surface area is 152 Å². The number of anilines is 5. The topological polar surface area (TPSA) is 78.9 Å². The maximum absolute atomic E-state index is 11.1. The van der Waals surface area contributed by atoms with E-state index < -0.39 is 0 Å². The second-order valence-electron chi connectivity index (χ2n) is 6.09. The molecular weight excluding hydrogens is 326 g/mol. The van der Waals surface area contributed by atoms with E-state index in [1.54, 1.807) is 0 Å². The maximum atomic E-state index is 11.1. The van der Waals surface area contributed by atoms with E-state index >= 15 is 0 Å². The zero-order chi connectivity index (χ0) is 18.5. The van der Waals surface area contributed by atoms with E-state index in [1.165, 1.54) is 12.5 Å². The number of carbonyl (C=O) groups is 1. The van der Waals surface area contributed by atoms with Crippen LogP contribution in [0.25, 0.3) is 0 Å². The second-order valence-corrected chi connectivity index (χ2v) is 6.09. The Hall–Kier alpha value is -3.41. The molecule has 0 atom stereocenters. The van der Waals surface area contributed by atoms with Crippen molar-refractivity contribution in [3.63, 3.8) is 0 Å². The molecule has 132 valence electrons. The standard InChI is InChI=1S/C20H21N5O/c1-13-4-6-17(7-5-13)23-19-12-14(2)21-20(25-19)24-18-10-8-16(9-11-18)22-15(3)26/h4-12H,1-3H3,(H,22,26)(H2,21,23,24,25). The first-order valence-electron chi connectivity index (χ1n) is 8.32. The summed E-state index contributed by atoms with van der Waals surface area (Å²) in [4.78, 5) is 20.0. The lowest BCUT2D eigenvalue weighted by Gasteiger charge is -2.11. The Morgan fingerprint density at radius 2 is 1.38 bits per heavy atom. The van der Waals surface area contributed by atoms with Crippen LogP contribution >= 0.6 is 0 Å². The average Bonchev–Trinajstić information content (AvgIpc) is 2.58. The molecule has 1 amide bonds. The summed E-state index contributed by atoms with van der Waals surface area (Å²) in [5.74, 6) is 1.13. The van der Waals surface area contributed by atoms with Gasteiger partial charge in [-0.05, 0) is 50.2 Å². The second kappa shape index (κ2) is 7.65. The summed E-state index contributed by atoms with van der Waals surface area (Å²) < 4.78 is 0. The number of hydrogen-bond acceptors (Lipinski definition) is 5. The fourth-order valence-electron chi connectivity index (χ4n) is 2.44. The van der Waals surface area contributed by atoms with Gasteiger partial charge in [-0.1, -0.05) is 17.7 Å². The first kappa shape index (κ1) is 17.4. The third-order valence-electron chi connectivity index (χ3n) is 3.64. The van der Waals surface area contributed by atoms with Crippen LogP contribution in [0.2, 0.25) is 0 Å². The van der Waals surface area contributed by atoms with Gasteiger partial charge in [0, 0.05) is 35.7 Å². The van der Waals surface area contributed by atoms with E-state index in [0.29, 0.717) is 5.95 Å². The Morgan fingerprint density at radius 3 is 2.04 bits per heavy atom. The van der Waals surface area contributed by atoms with Crippen molar-refractivity contribution >= 4 is 34.7 Å². The highest BCUT2D eigenvalue weighted by Gasteiger charge is 2.04. The molecule has 0 fully saturated rings. The number of aromatic nitrogens is 2. The van der Waals surface area contributed by atoms with Crippen molar-refractivity contribution < 1.29 is 4.79 Å². The summed E-state index contributed by atoms with van der Waals surface area (Å²) in [6.07, 6.45) is 0. The molecule has 3 aromatic rings. The van der Waals surface area contributed by atoms with Crippen LogP contribution in [0.15, 0.2) is 54.6 Å². The highest BCUT2D eigenvalue weighted by atomic mass is 16.1. The number of amides is 1. The summed E-state index contributed by atoms with van der Waals surface area (Å²) in [6.45, 7) is 5.46. The molecule has 0 unspecified atom stereocenters. The zero-order valence-corrected chi connectivity index (χ0v) is 15.0. The van der Waals surface area contributed by atoms with Crippen LogP contribution in [0.5, 0.6) is 0 Å². The quantitative estimate of drug-likeness (QED) is 0.631. The van der Waals surface area contributed by atoms with Gasteiger partial charge in [0.25, 0.3) is 0 Å². The van der Waals surface area contributed by atoms with Gasteiger partial charge >= 0.3 is 0 Å². The van der Waals surface area contributed by atoms with Crippen LogP contribution in [-0.4, -0.2) is 15.9 Å². The van der Waals surface area contributed by atoms with Crippen molar-refractivity contribution in [3.8, 4) is 0 Å². The van der Waals surface area contributed by atoms with Gasteiger partial charge in [-0.25, -0.2) is 4.98 Å². The molecule has 0 spiro atoms. The van der Waals surface area contributed by atoms with Crippen LogP contribution in [0.1, 0.15) is 18.2 Å². The van der Waals surface area contributed by atoms with E-state index in [2.05, 4.69) is 32.8 Å². The summed E-state index contributed by atoms with van der Waals surface area (Å²) in [6, 6.07) is 17.4. The molecule has 0 bridgehead atoms. The number of nitrogens with one attached hydrogen (secondary N) is 3. The van der Waals surface area contributed by atoms with Gasteiger partial charge in [0.05, 0.1) is 0 Å². The molecule has 1 aromatic heterocycles. The minimum atomic E-state index is -0.0976. The lowest BCUT2D eigenvalue weighted by Crippen LogP contribution is -2.06. The van der Waals surface area contributed by atoms with Crippen molar-refractivity contribution in [1.82, 2.24) is 9.97 Å². The molecule has 0 saturated carbocycles.